The van der Waals surface area contributed by atoms with Gasteiger partial charge >= 0.3 is 0 Å². The molecule has 0 aliphatic carbocycles. The lowest BCUT2D eigenvalue weighted by molar-refractivity contribution is -0.123. The largest absolute Gasteiger partial charge is 0.326 e. The first-order valence-corrected chi connectivity index (χ1v) is 8.12. The van der Waals surface area contributed by atoms with Gasteiger partial charge in [0.25, 0.3) is 0 Å². The number of nitrogens with two attached hydrogens (primary N) is 1. The molecule has 8 heteroatoms. The van der Waals surface area contributed by atoms with Crippen LogP contribution in [0.2, 0.25) is 0 Å². The summed E-state index contributed by atoms with van der Waals surface area (Å²) < 4.78 is 22.0. The van der Waals surface area contributed by atoms with Crippen LogP contribution in [0.3, 0.4) is 0 Å². The minimum Gasteiger partial charge on any atom is -0.326 e. The zero-order valence-corrected chi connectivity index (χ0v) is 13.4. The van der Waals surface area contributed by atoms with E-state index in [0.29, 0.717) is 17.8 Å². The van der Waals surface area contributed by atoms with Gasteiger partial charge in [0.1, 0.15) is 0 Å². The van der Waals surface area contributed by atoms with Crippen molar-refractivity contribution in [1.29, 1.82) is 0 Å². The van der Waals surface area contributed by atoms with Crippen LogP contribution in [0.1, 0.15) is 18.9 Å². The molecule has 1 saturated heterocycles. The fourth-order valence-corrected chi connectivity index (χ4v) is 2.87. The minimum atomic E-state index is -3.53. The topological polar surface area (TPSA) is 101 Å². The molecule has 0 radical (unpaired) electrons. The number of halogens is 1. The summed E-state index contributed by atoms with van der Waals surface area (Å²) in [5.41, 5.74) is 0.861. The highest BCUT2D eigenvalue weighted by molar-refractivity contribution is 7.88. The molecule has 118 valence electrons. The molecule has 1 aromatic rings. The Bertz CT molecular complexity index is 596. The molecule has 1 aliphatic heterocycles. The average Bonchev–Trinajstić information content (AvgIpc) is 2.78. The lowest BCUT2D eigenvalue weighted by Gasteiger charge is -2.21. The zero-order chi connectivity index (χ0) is 14.8. The molecule has 1 amide bonds. The number of carbonyl (C=O) groups is 1. The second kappa shape index (κ2) is 6.74. The molecule has 4 N–H and O–H groups in total. The van der Waals surface area contributed by atoms with Gasteiger partial charge in [-0.3, -0.25) is 4.79 Å². The van der Waals surface area contributed by atoms with E-state index in [1.54, 1.807) is 24.3 Å². The number of benzene rings is 1. The fourth-order valence-electron chi connectivity index (χ4n) is 2.21. The van der Waals surface area contributed by atoms with Gasteiger partial charge in [-0.05, 0) is 37.6 Å². The second-order valence-electron chi connectivity index (χ2n) is 5.45. The van der Waals surface area contributed by atoms with Gasteiger partial charge in [0.2, 0.25) is 15.9 Å². The second-order valence-corrected chi connectivity index (χ2v) is 7.06. The summed E-state index contributed by atoms with van der Waals surface area (Å²) in [4.78, 5) is 12.2. The first-order valence-electron chi connectivity index (χ1n) is 6.40. The molecule has 1 fully saturated rings. The number of anilines is 1. The van der Waals surface area contributed by atoms with Gasteiger partial charge in [-0.2, -0.15) is 0 Å². The molecule has 0 saturated carbocycles. The monoisotopic (exact) mass is 333 g/mol. The molecule has 1 aliphatic rings. The molecule has 2 rings (SSSR count). The van der Waals surface area contributed by atoms with Gasteiger partial charge in [-0.15, -0.1) is 12.4 Å². The Labute approximate surface area is 130 Å². The normalized spacial score (nSPS) is 21.6. The summed E-state index contributed by atoms with van der Waals surface area (Å²) in [6.45, 7) is 3.44. The molecule has 6 nitrogen and oxygen atoms in total. The zero-order valence-electron chi connectivity index (χ0n) is 11.8. The minimum absolute atomic E-state index is 0. The summed E-state index contributed by atoms with van der Waals surface area (Å²) in [5.74, 6) is -0.232. The molecular formula is C13H20ClN3O3S. The van der Waals surface area contributed by atoms with Crippen LogP contribution in [0.15, 0.2) is 24.3 Å². The van der Waals surface area contributed by atoms with E-state index >= 15 is 0 Å². The summed E-state index contributed by atoms with van der Waals surface area (Å²) >= 11 is 0. The molecule has 1 aromatic carbocycles. The van der Waals surface area contributed by atoms with E-state index in [2.05, 4.69) is 10.6 Å². The van der Waals surface area contributed by atoms with E-state index in [4.69, 9.17) is 5.14 Å². The Kier molecular flexibility index (Phi) is 5.75. The maximum atomic E-state index is 12.2. The van der Waals surface area contributed by atoms with Crippen molar-refractivity contribution >= 4 is 34.0 Å². The van der Waals surface area contributed by atoms with Crippen molar-refractivity contribution in [2.45, 2.75) is 19.1 Å². The number of hydrogen-bond acceptors (Lipinski definition) is 4. The van der Waals surface area contributed by atoms with Crippen molar-refractivity contribution < 1.29 is 13.2 Å². The number of amides is 1. The van der Waals surface area contributed by atoms with Crippen molar-refractivity contribution in [2.24, 2.45) is 10.6 Å². The highest BCUT2D eigenvalue weighted by Gasteiger charge is 2.36. The van der Waals surface area contributed by atoms with Crippen LogP contribution < -0.4 is 15.8 Å². The van der Waals surface area contributed by atoms with Crippen molar-refractivity contribution in [2.75, 3.05) is 18.4 Å². The first-order chi connectivity index (χ1) is 9.28. The van der Waals surface area contributed by atoms with Crippen LogP contribution in [0, 0.1) is 5.41 Å². The van der Waals surface area contributed by atoms with Gasteiger partial charge in [-0.25, -0.2) is 13.6 Å². The third-order valence-corrected chi connectivity index (χ3v) is 4.23. The number of nitrogens with one attached hydrogen (secondary N) is 2. The highest BCUT2D eigenvalue weighted by Crippen LogP contribution is 2.26. The Balaban J connectivity index is 0.00000220. The molecule has 0 spiro atoms. The Morgan fingerprint density at radius 3 is 2.48 bits per heavy atom. The summed E-state index contributed by atoms with van der Waals surface area (Å²) in [6, 6.07) is 6.67. The molecule has 1 heterocycles. The van der Waals surface area contributed by atoms with E-state index < -0.39 is 10.0 Å². The van der Waals surface area contributed by atoms with Gasteiger partial charge in [0, 0.05) is 12.2 Å². The quantitative estimate of drug-likeness (QED) is 0.759. The van der Waals surface area contributed by atoms with Crippen molar-refractivity contribution in [3.05, 3.63) is 29.8 Å². The van der Waals surface area contributed by atoms with E-state index in [-0.39, 0.29) is 29.5 Å². The smallest absolute Gasteiger partial charge is 0.231 e. The standard InChI is InChI=1S/C13H19N3O3S.ClH/c1-13(6-7-15-9-13)12(17)16-11-4-2-10(3-5-11)8-20(14,18)19;/h2-5,15H,6-9H2,1H3,(H,16,17)(H2,14,18,19);1H. The first kappa shape index (κ1) is 17.9. The van der Waals surface area contributed by atoms with E-state index in [1.165, 1.54) is 0 Å². The van der Waals surface area contributed by atoms with Crippen LogP contribution >= 0.6 is 12.4 Å². The number of carbonyl (C=O) groups excluding carboxylic acids is 1. The van der Waals surface area contributed by atoms with Crippen LogP contribution in [0.5, 0.6) is 0 Å². The predicted octanol–water partition coefficient (Wildman–Crippen LogP) is 0.835. The van der Waals surface area contributed by atoms with Crippen molar-refractivity contribution in [3.8, 4) is 0 Å². The van der Waals surface area contributed by atoms with E-state index in [1.807, 2.05) is 6.92 Å². The van der Waals surface area contributed by atoms with E-state index in [9.17, 15) is 13.2 Å². The van der Waals surface area contributed by atoms with Gasteiger partial charge in [-0.1, -0.05) is 12.1 Å². The Morgan fingerprint density at radius 2 is 2.00 bits per heavy atom. The van der Waals surface area contributed by atoms with E-state index in [0.717, 1.165) is 13.0 Å². The number of hydrogen-bond donors (Lipinski definition) is 3. The fraction of sp³-hybridized carbons (Fsp3) is 0.462. The third kappa shape index (κ3) is 4.96. The maximum absolute atomic E-state index is 12.2. The Hall–Kier alpha value is -1.15. The number of rotatable bonds is 4. The summed E-state index contributed by atoms with van der Waals surface area (Å²) in [5, 5.41) is 11.0. The summed E-state index contributed by atoms with van der Waals surface area (Å²) in [6.07, 6.45) is 0.808. The molecule has 0 bridgehead atoms. The maximum Gasteiger partial charge on any atom is 0.231 e. The molecule has 21 heavy (non-hydrogen) atoms. The summed E-state index contributed by atoms with van der Waals surface area (Å²) in [7, 11) is -3.53. The number of sulfonamides is 1. The van der Waals surface area contributed by atoms with Crippen LogP contribution in [0.25, 0.3) is 0 Å². The third-order valence-electron chi connectivity index (χ3n) is 3.50. The van der Waals surface area contributed by atoms with Crippen molar-refractivity contribution in [1.82, 2.24) is 5.32 Å². The lowest BCUT2D eigenvalue weighted by Crippen LogP contribution is -2.35. The highest BCUT2D eigenvalue weighted by atomic mass is 35.5. The van der Waals surface area contributed by atoms with Gasteiger partial charge < -0.3 is 10.6 Å². The molecular weight excluding hydrogens is 314 g/mol. The average molecular weight is 334 g/mol. The van der Waals surface area contributed by atoms with Crippen molar-refractivity contribution in [3.63, 3.8) is 0 Å². The molecule has 1 atom stereocenters. The van der Waals surface area contributed by atoms with Crippen LogP contribution in [-0.4, -0.2) is 27.4 Å². The molecule has 1 unspecified atom stereocenters. The van der Waals surface area contributed by atoms with Gasteiger partial charge in [0.05, 0.1) is 11.2 Å². The Morgan fingerprint density at radius 1 is 1.38 bits per heavy atom. The SMILES string of the molecule is CC1(C(=O)Nc2ccc(CS(N)(=O)=O)cc2)CCNC1.Cl. The lowest BCUT2D eigenvalue weighted by atomic mass is 9.89. The van der Waals surface area contributed by atoms with Gasteiger partial charge in [0.15, 0.2) is 0 Å². The van der Waals surface area contributed by atoms with Crippen LogP contribution in [-0.2, 0) is 20.6 Å². The predicted molar refractivity (Wildman–Crippen MR) is 84.7 cm³/mol. The van der Waals surface area contributed by atoms with Crippen LogP contribution in [0.4, 0.5) is 5.69 Å². The number of primary sulfonamides is 1. The molecule has 0 aromatic heterocycles.